The van der Waals surface area contributed by atoms with Gasteiger partial charge in [0.1, 0.15) is 5.82 Å². The topological polar surface area (TPSA) is 35.5 Å². The molecule has 0 aromatic heterocycles. The zero-order valence-corrected chi connectivity index (χ0v) is 10.5. The van der Waals surface area contributed by atoms with Crippen molar-refractivity contribution in [3.05, 3.63) is 35.1 Å². The van der Waals surface area contributed by atoms with E-state index in [1.54, 1.807) is 0 Å². The minimum absolute atomic E-state index is 0.178. The summed E-state index contributed by atoms with van der Waals surface area (Å²) in [6.45, 7) is 2.44. The molecule has 106 valence electrons. The Labute approximate surface area is 110 Å². The first-order chi connectivity index (χ1) is 9.15. The molecule has 0 saturated carbocycles. The van der Waals surface area contributed by atoms with Gasteiger partial charge in [-0.05, 0) is 18.6 Å². The summed E-state index contributed by atoms with van der Waals surface area (Å²) in [6.07, 6.45) is 0.178. The van der Waals surface area contributed by atoms with Crippen molar-refractivity contribution >= 4 is 0 Å². The fourth-order valence-corrected chi connectivity index (χ4v) is 2.47. The zero-order chi connectivity index (χ0) is 13.8. The van der Waals surface area contributed by atoms with Crippen LogP contribution in [-0.2, 0) is 0 Å². The molecular formula is C13H17F3N2O. The average Bonchev–Trinajstić information content (AvgIpc) is 2.43. The van der Waals surface area contributed by atoms with Gasteiger partial charge in [-0.25, -0.2) is 13.2 Å². The van der Waals surface area contributed by atoms with Crippen LogP contribution in [0.3, 0.4) is 0 Å². The molecule has 1 aliphatic heterocycles. The van der Waals surface area contributed by atoms with E-state index in [-0.39, 0.29) is 18.6 Å². The van der Waals surface area contributed by atoms with Crippen molar-refractivity contribution in [2.45, 2.75) is 12.5 Å². The molecule has 6 heteroatoms. The summed E-state index contributed by atoms with van der Waals surface area (Å²) in [4.78, 5) is 1.87. The van der Waals surface area contributed by atoms with E-state index in [2.05, 4.69) is 5.32 Å². The normalized spacial score (nSPS) is 18.5. The molecule has 1 saturated heterocycles. The van der Waals surface area contributed by atoms with Gasteiger partial charge in [0, 0.05) is 44.4 Å². The first kappa shape index (κ1) is 14.3. The van der Waals surface area contributed by atoms with Crippen LogP contribution in [0.5, 0.6) is 0 Å². The van der Waals surface area contributed by atoms with Gasteiger partial charge in [-0.3, -0.25) is 4.90 Å². The smallest absolute Gasteiger partial charge is 0.166 e. The van der Waals surface area contributed by atoms with Crippen LogP contribution in [0.1, 0.15) is 18.0 Å². The van der Waals surface area contributed by atoms with Crippen LogP contribution in [0.25, 0.3) is 0 Å². The molecule has 0 bridgehead atoms. The summed E-state index contributed by atoms with van der Waals surface area (Å²) in [5.74, 6) is -2.98. The van der Waals surface area contributed by atoms with Gasteiger partial charge in [0.2, 0.25) is 0 Å². The van der Waals surface area contributed by atoms with E-state index in [1.165, 1.54) is 0 Å². The van der Waals surface area contributed by atoms with Crippen LogP contribution < -0.4 is 5.32 Å². The third-order valence-corrected chi connectivity index (χ3v) is 3.41. The quantitative estimate of drug-likeness (QED) is 0.815. The van der Waals surface area contributed by atoms with Crippen LogP contribution in [-0.4, -0.2) is 42.8 Å². The van der Waals surface area contributed by atoms with Gasteiger partial charge in [-0.2, -0.15) is 0 Å². The number of nitrogens with one attached hydrogen (secondary N) is 1. The molecule has 2 rings (SSSR count). The van der Waals surface area contributed by atoms with Crippen molar-refractivity contribution in [3.63, 3.8) is 0 Å². The Morgan fingerprint density at radius 3 is 2.42 bits per heavy atom. The maximum atomic E-state index is 13.9. The van der Waals surface area contributed by atoms with Gasteiger partial charge in [-0.1, -0.05) is 0 Å². The average molecular weight is 274 g/mol. The van der Waals surface area contributed by atoms with Crippen molar-refractivity contribution in [2.24, 2.45) is 0 Å². The first-order valence-electron chi connectivity index (χ1n) is 6.34. The Hall–Kier alpha value is -1.11. The van der Waals surface area contributed by atoms with Gasteiger partial charge in [-0.15, -0.1) is 0 Å². The predicted octanol–water partition coefficient (Wildman–Crippen LogP) is 1.43. The second-order valence-electron chi connectivity index (χ2n) is 4.57. The SMILES string of the molecule is OCC[C@H](c1c(F)ccc(F)c1F)N1CCNCC1. The molecule has 1 fully saturated rings. The standard InChI is InChI=1S/C13H17F3N2O/c14-9-1-2-10(15)13(16)12(9)11(3-8-19)18-6-4-17-5-7-18/h1-2,11,17,19H,3-8H2/t11-/m1/s1. The number of aliphatic hydroxyl groups excluding tert-OH is 1. The molecule has 1 atom stereocenters. The van der Waals surface area contributed by atoms with E-state index in [0.717, 1.165) is 12.1 Å². The van der Waals surface area contributed by atoms with Gasteiger partial charge in [0.15, 0.2) is 11.6 Å². The molecule has 3 nitrogen and oxygen atoms in total. The number of halogens is 3. The number of piperazine rings is 1. The number of hydrogen-bond acceptors (Lipinski definition) is 3. The summed E-state index contributed by atoms with van der Waals surface area (Å²) in [6, 6.07) is 1.07. The lowest BCUT2D eigenvalue weighted by molar-refractivity contribution is 0.135. The molecule has 0 aliphatic carbocycles. The van der Waals surface area contributed by atoms with Crippen LogP contribution in [0.15, 0.2) is 12.1 Å². The van der Waals surface area contributed by atoms with Crippen molar-refractivity contribution in [1.29, 1.82) is 0 Å². The Morgan fingerprint density at radius 1 is 1.16 bits per heavy atom. The largest absolute Gasteiger partial charge is 0.396 e. The Morgan fingerprint density at radius 2 is 1.79 bits per heavy atom. The third kappa shape index (κ3) is 3.08. The van der Waals surface area contributed by atoms with E-state index in [0.29, 0.717) is 26.2 Å². The van der Waals surface area contributed by atoms with Gasteiger partial charge in [0.05, 0.1) is 0 Å². The van der Waals surface area contributed by atoms with Crippen LogP contribution in [0, 0.1) is 17.5 Å². The zero-order valence-electron chi connectivity index (χ0n) is 10.5. The van der Waals surface area contributed by atoms with E-state index >= 15 is 0 Å². The molecule has 0 spiro atoms. The van der Waals surface area contributed by atoms with E-state index in [1.807, 2.05) is 4.90 Å². The van der Waals surface area contributed by atoms with Gasteiger partial charge < -0.3 is 10.4 Å². The molecule has 2 N–H and O–H groups in total. The maximum Gasteiger partial charge on any atom is 0.166 e. The molecule has 0 radical (unpaired) electrons. The van der Waals surface area contributed by atoms with Crippen molar-refractivity contribution in [1.82, 2.24) is 10.2 Å². The number of rotatable bonds is 4. The second-order valence-corrected chi connectivity index (χ2v) is 4.57. The molecule has 1 aromatic rings. The number of aliphatic hydroxyl groups is 1. The van der Waals surface area contributed by atoms with Crippen molar-refractivity contribution in [2.75, 3.05) is 32.8 Å². The lowest BCUT2D eigenvalue weighted by Gasteiger charge is -2.35. The fraction of sp³-hybridized carbons (Fsp3) is 0.538. The number of hydrogen-bond donors (Lipinski definition) is 2. The highest BCUT2D eigenvalue weighted by Crippen LogP contribution is 2.30. The summed E-state index contributed by atoms with van der Waals surface area (Å²) in [5.41, 5.74) is -0.282. The van der Waals surface area contributed by atoms with Gasteiger partial charge in [0.25, 0.3) is 0 Å². The Bertz CT molecular complexity index is 436. The van der Waals surface area contributed by atoms with Crippen molar-refractivity contribution in [3.8, 4) is 0 Å². The minimum Gasteiger partial charge on any atom is -0.396 e. The third-order valence-electron chi connectivity index (χ3n) is 3.41. The van der Waals surface area contributed by atoms with Gasteiger partial charge >= 0.3 is 0 Å². The summed E-state index contributed by atoms with van der Waals surface area (Å²) >= 11 is 0. The molecule has 1 aliphatic rings. The predicted molar refractivity (Wildman–Crippen MR) is 65.2 cm³/mol. The molecule has 19 heavy (non-hydrogen) atoms. The second kappa shape index (κ2) is 6.36. The molecule has 1 aromatic carbocycles. The number of benzene rings is 1. The van der Waals surface area contributed by atoms with E-state index in [4.69, 9.17) is 5.11 Å². The maximum absolute atomic E-state index is 13.9. The molecular weight excluding hydrogens is 257 g/mol. The van der Waals surface area contributed by atoms with Crippen LogP contribution >= 0.6 is 0 Å². The lowest BCUT2D eigenvalue weighted by atomic mass is 10.00. The first-order valence-corrected chi connectivity index (χ1v) is 6.34. The van der Waals surface area contributed by atoms with E-state index < -0.39 is 23.5 Å². The van der Waals surface area contributed by atoms with Crippen molar-refractivity contribution < 1.29 is 18.3 Å². The fourth-order valence-electron chi connectivity index (χ4n) is 2.47. The number of nitrogens with zero attached hydrogens (tertiary/aromatic N) is 1. The lowest BCUT2D eigenvalue weighted by Crippen LogP contribution is -2.45. The molecule has 0 unspecified atom stereocenters. The van der Waals surface area contributed by atoms with Crippen LogP contribution in [0.2, 0.25) is 0 Å². The molecule has 1 heterocycles. The Kier molecular flexibility index (Phi) is 4.79. The highest BCUT2D eigenvalue weighted by molar-refractivity contribution is 5.25. The van der Waals surface area contributed by atoms with E-state index in [9.17, 15) is 13.2 Å². The highest BCUT2D eigenvalue weighted by atomic mass is 19.2. The molecule has 0 amide bonds. The monoisotopic (exact) mass is 274 g/mol. The van der Waals surface area contributed by atoms with Crippen LogP contribution in [0.4, 0.5) is 13.2 Å². The summed E-state index contributed by atoms with van der Waals surface area (Å²) in [5, 5.41) is 12.2. The Balaban J connectivity index is 2.35. The minimum atomic E-state index is -1.16. The highest BCUT2D eigenvalue weighted by Gasteiger charge is 2.28. The summed E-state index contributed by atoms with van der Waals surface area (Å²) in [7, 11) is 0. The summed E-state index contributed by atoms with van der Waals surface area (Å²) < 4.78 is 41.0.